The lowest BCUT2D eigenvalue weighted by atomic mass is 10.1. The molecule has 0 aliphatic carbocycles. The van der Waals surface area contributed by atoms with Crippen molar-refractivity contribution >= 4 is 17.5 Å². The largest absolute Gasteiger partial charge is 0.468 e. The summed E-state index contributed by atoms with van der Waals surface area (Å²) in [5, 5.41) is 13.9. The summed E-state index contributed by atoms with van der Waals surface area (Å²) in [4.78, 5) is 28.3. The molecule has 162 valence electrons. The highest BCUT2D eigenvalue weighted by atomic mass is 19.1. The van der Waals surface area contributed by atoms with Crippen molar-refractivity contribution in [2.75, 3.05) is 50.8 Å². The van der Waals surface area contributed by atoms with Gasteiger partial charge >= 0.3 is 11.8 Å². The summed E-state index contributed by atoms with van der Waals surface area (Å²) in [5.41, 5.74) is 0.971. The number of rotatable bonds is 8. The highest BCUT2D eigenvalue weighted by molar-refractivity contribution is 6.35. The van der Waals surface area contributed by atoms with E-state index in [1.54, 1.807) is 24.5 Å². The first-order valence-electron chi connectivity index (χ1n) is 10.0. The van der Waals surface area contributed by atoms with Crippen molar-refractivity contribution in [3.8, 4) is 0 Å². The van der Waals surface area contributed by atoms with Crippen LogP contribution in [0.4, 0.5) is 10.1 Å². The van der Waals surface area contributed by atoms with Crippen LogP contribution in [0.5, 0.6) is 0 Å². The average Bonchev–Trinajstić information content (AvgIpc) is 3.29. The Morgan fingerprint density at radius 2 is 1.77 bits per heavy atom. The van der Waals surface area contributed by atoms with Crippen molar-refractivity contribution in [1.29, 1.82) is 0 Å². The Bertz CT molecular complexity index is 805. The lowest BCUT2D eigenvalue weighted by molar-refractivity contribution is -0.139. The van der Waals surface area contributed by atoms with Crippen molar-refractivity contribution < 1.29 is 23.5 Å². The van der Waals surface area contributed by atoms with E-state index in [1.807, 2.05) is 6.07 Å². The summed E-state index contributed by atoms with van der Waals surface area (Å²) in [6, 6.07) is 9.88. The fraction of sp³-hybridized carbons (Fsp3) is 0.429. The van der Waals surface area contributed by atoms with E-state index in [-0.39, 0.29) is 31.6 Å². The molecule has 3 rings (SSSR count). The number of nitrogens with zero attached hydrogens (tertiary/aromatic N) is 2. The van der Waals surface area contributed by atoms with Gasteiger partial charge in [-0.15, -0.1) is 0 Å². The molecule has 30 heavy (non-hydrogen) atoms. The second-order valence-corrected chi connectivity index (χ2v) is 7.07. The number of piperazine rings is 1. The lowest BCUT2D eigenvalue weighted by Crippen LogP contribution is -2.50. The molecule has 9 heteroatoms. The standard InChI is InChI=1S/C21H27FN4O4/c22-16-4-6-17(7-5-16)25-9-11-26(12-10-25)18(19-3-1-14-30-19)15-24-21(29)20(28)23-8-2-13-27/h1,3-7,14,18,27H,2,8-13,15H2,(H,23,28)(H,24,29)/t18-/m1/s1. The molecule has 2 heterocycles. The molecule has 0 bridgehead atoms. The first-order valence-corrected chi connectivity index (χ1v) is 10.0. The van der Waals surface area contributed by atoms with E-state index in [0.717, 1.165) is 31.9 Å². The second-order valence-electron chi connectivity index (χ2n) is 7.07. The monoisotopic (exact) mass is 418 g/mol. The van der Waals surface area contributed by atoms with E-state index in [0.29, 0.717) is 12.2 Å². The third-order valence-corrected chi connectivity index (χ3v) is 5.10. The van der Waals surface area contributed by atoms with Gasteiger partial charge in [-0.25, -0.2) is 4.39 Å². The zero-order valence-electron chi connectivity index (χ0n) is 16.7. The number of anilines is 1. The van der Waals surface area contributed by atoms with Crippen LogP contribution in [0.25, 0.3) is 0 Å². The van der Waals surface area contributed by atoms with Crippen LogP contribution in [0.15, 0.2) is 47.1 Å². The Hall–Kier alpha value is -2.91. The first-order chi connectivity index (χ1) is 14.6. The molecule has 2 amide bonds. The van der Waals surface area contributed by atoms with Crippen molar-refractivity contribution in [1.82, 2.24) is 15.5 Å². The van der Waals surface area contributed by atoms with Crippen LogP contribution in [0.1, 0.15) is 18.2 Å². The number of benzene rings is 1. The number of amides is 2. The number of carbonyl (C=O) groups is 2. The lowest BCUT2D eigenvalue weighted by Gasteiger charge is -2.39. The number of aliphatic hydroxyl groups is 1. The van der Waals surface area contributed by atoms with Crippen molar-refractivity contribution in [2.24, 2.45) is 0 Å². The molecular formula is C21H27FN4O4. The number of hydrogen-bond donors (Lipinski definition) is 3. The Labute approximate surface area is 174 Å². The maximum Gasteiger partial charge on any atom is 0.309 e. The molecule has 0 spiro atoms. The zero-order valence-corrected chi connectivity index (χ0v) is 16.7. The zero-order chi connectivity index (χ0) is 21.3. The Kier molecular flexibility index (Phi) is 7.81. The summed E-state index contributed by atoms with van der Waals surface area (Å²) in [7, 11) is 0. The van der Waals surface area contributed by atoms with E-state index in [1.165, 1.54) is 12.1 Å². The van der Waals surface area contributed by atoms with Gasteiger partial charge in [0.05, 0.1) is 12.3 Å². The van der Waals surface area contributed by atoms with Gasteiger partial charge in [0, 0.05) is 51.6 Å². The summed E-state index contributed by atoms with van der Waals surface area (Å²) in [6.07, 6.45) is 1.98. The molecule has 0 saturated carbocycles. The van der Waals surface area contributed by atoms with Gasteiger partial charge in [-0.1, -0.05) is 0 Å². The quantitative estimate of drug-likeness (QED) is 0.435. The minimum Gasteiger partial charge on any atom is -0.468 e. The van der Waals surface area contributed by atoms with Crippen LogP contribution in [-0.2, 0) is 9.59 Å². The number of carbonyl (C=O) groups excluding carboxylic acids is 2. The average molecular weight is 418 g/mol. The SMILES string of the molecule is O=C(NCCCO)C(=O)NC[C@H](c1ccco1)N1CCN(c2ccc(F)cc2)CC1. The minimum atomic E-state index is -0.720. The molecule has 1 aromatic heterocycles. The van der Waals surface area contributed by atoms with E-state index >= 15 is 0 Å². The molecule has 3 N–H and O–H groups in total. The molecule has 1 aliphatic heterocycles. The fourth-order valence-electron chi connectivity index (χ4n) is 3.47. The van der Waals surface area contributed by atoms with Crippen LogP contribution in [-0.4, -0.2) is 67.7 Å². The fourth-order valence-corrected chi connectivity index (χ4v) is 3.47. The van der Waals surface area contributed by atoms with Crippen LogP contribution in [0, 0.1) is 5.82 Å². The second kappa shape index (κ2) is 10.7. The topological polar surface area (TPSA) is 98.0 Å². The van der Waals surface area contributed by atoms with Gasteiger partial charge in [-0.2, -0.15) is 0 Å². The molecule has 8 nitrogen and oxygen atoms in total. The van der Waals surface area contributed by atoms with E-state index in [2.05, 4.69) is 20.4 Å². The van der Waals surface area contributed by atoms with Gasteiger partial charge in [0.25, 0.3) is 0 Å². The molecule has 1 fully saturated rings. The van der Waals surface area contributed by atoms with Gasteiger partial charge in [0.15, 0.2) is 0 Å². The molecule has 0 unspecified atom stereocenters. The summed E-state index contributed by atoms with van der Waals surface area (Å²) in [6.45, 7) is 3.37. The van der Waals surface area contributed by atoms with Crippen LogP contribution in [0.2, 0.25) is 0 Å². The van der Waals surface area contributed by atoms with Gasteiger partial charge in [-0.3, -0.25) is 14.5 Å². The van der Waals surface area contributed by atoms with Crippen LogP contribution >= 0.6 is 0 Å². The predicted octanol–water partition coefficient (Wildman–Crippen LogP) is 0.897. The molecule has 1 atom stereocenters. The minimum absolute atomic E-state index is 0.0492. The molecular weight excluding hydrogens is 391 g/mol. The molecule has 1 aromatic carbocycles. The Morgan fingerprint density at radius 1 is 1.07 bits per heavy atom. The molecule has 0 radical (unpaired) electrons. The molecule has 1 aliphatic rings. The maximum atomic E-state index is 13.2. The summed E-state index contributed by atoms with van der Waals surface area (Å²) >= 11 is 0. The highest BCUT2D eigenvalue weighted by Gasteiger charge is 2.28. The van der Waals surface area contributed by atoms with Crippen LogP contribution in [0.3, 0.4) is 0 Å². The third-order valence-electron chi connectivity index (χ3n) is 5.10. The normalized spacial score (nSPS) is 15.6. The molecule has 1 saturated heterocycles. The Balaban J connectivity index is 1.56. The Morgan fingerprint density at radius 3 is 2.40 bits per heavy atom. The number of nitrogens with one attached hydrogen (secondary N) is 2. The van der Waals surface area contributed by atoms with Gasteiger partial charge in [0.1, 0.15) is 11.6 Å². The first kappa shape index (κ1) is 21.8. The van der Waals surface area contributed by atoms with Gasteiger partial charge in [0.2, 0.25) is 0 Å². The highest BCUT2D eigenvalue weighted by Crippen LogP contribution is 2.24. The number of furan rings is 1. The summed E-state index contributed by atoms with van der Waals surface area (Å²) in [5.74, 6) is -0.977. The predicted molar refractivity (Wildman–Crippen MR) is 109 cm³/mol. The van der Waals surface area contributed by atoms with E-state index < -0.39 is 11.8 Å². The molecule has 2 aromatic rings. The van der Waals surface area contributed by atoms with Gasteiger partial charge in [-0.05, 0) is 42.8 Å². The summed E-state index contributed by atoms with van der Waals surface area (Å²) < 4.78 is 18.7. The van der Waals surface area contributed by atoms with Crippen molar-refractivity contribution in [3.63, 3.8) is 0 Å². The van der Waals surface area contributed by atoms with E-state index in [4.69, 9.17) is 9.52 Å². The maximum absolute atomic E-state index is 13.2. The number of aliphatic hydroxyl groups excluding tert-OH is 1. The van der Waals surface area contributed by atoms with Crippen LogP contribution < -0.4 is 15.5 Å². The van der Waals surface area contributed by atoms with Crippen molar-refractivity contribution in [3.05, 3.63) is 54.2 Å². The third kappa shape index (κ3) is 5.80. The van der Waals surface area contributed by atoms with Gasteiger partial charge < -0.3 is 25.1 Å². The van der Waals surface area contributed by atoms with Crippen molar-refractivity contribution in [2.45, 2.75) is 12.5 Å². The van der Waals surface area contributed by atoms with E-state index in [9.17, 15) is 14.0 Å². The number of halogens is 1. The smallest absolute Gasteiger partial charge is 0.309 e. The number of hydrogen-bond acceptors (Lipinski definition) is 6.